The number of carboxylic acid groups (broad SMARTS) is 1. The van der Waals surface area contributed by atoms with Crippen molar-refractivity contribution in [3.05, 3.63) is 93.6 Å². The van der Waals surface area contributed by atoms with Gasteiger partial charge in [0.25, 0.3) is 5.69 Å². The topological polar surface area (TPSA) is 111 Å². The molecular weight excluding hydrogens is 386 g/mol. The Morgan fingerprint density at radius 1 is 1.23 bits per heavy atom. The molecule has 4 aromatic rings. The molecule has 2 aromatic carbocycles. The van der Waals surface area contributed by atoms with Gasteiger partial charge < -0.3 is 14.1 Å². The third kappa shape index (κ3) is 3.70. The first-order chi connectivity index (χ1) is 14.4. The molecule has 2 heterocycles. The average Bonchev–Trinajstić information content (AvgIpc) is 3.33. The molecule has 0 aliphatic rings. The number of para-hydroxylation sites is 1. The van der Waals surface area contributed by atoms with Crippen molar-refractivity contribution in [1.82, 2.24) is 4.57 Å². The molecule has 8 nitrogen and oxygen atoms in total. The molecule has 0 fully saturated rings. The highest BCUT2D eigenvalue weighted by atomic mass is 16.6. The monoisotopic (exact) mass is 403 g/mol. The molecule has 0 saturated heterocycles. The fraction of sp³-hybridized carbons (Fsp3) is 0.0909. The Kier molecular flexibility index (Phi) is 4.89. The average molecular weight is 403 g/mol. The van der Waals surface area contributed by atoms with Crippen LogP contribution in [-0.2, 0) is 6.54 Å². The quantitative estimate of drug-likeness (QED) is 0.278. The number of rotatable bonds is 6. The predicted molar refractivity (Wildman–Crippen MR) is 112 cm³/mol. The predicted octanol–water partition coefficient (Wildman–Crippen LogP) is 4.95. The van der Waals surface area contributed by atoms with E-state index in [9.17, 15) is 14.9 Å². The van der Waals surface area contributed by atoms with E-state index < -0.39 is 10.9 Å². The minimum absolute atomic E-state index is 0.0270. The standard InChI is InChI=1S/C22H17N3O5/c1-14-6-7-16(10-20(14)25(28)29)23-11-15-12-24(19-5-3-2-4-18(15)19)13-17-8-9-21(30-17)22(26)27/h2-12H,13H2,1H3,(H,26,27). The molecule has 0 spiro atoms. The number of aromatic nitrogens is 1. The molecule has 1 N–H and O–H groups in total. The molecule has 0 radical (unpaired) electrons. The molecule has 0 aliphatic heterocycles. The summed E-state index contributed by atoms with van der Waals surface area (Å²) in [6.07, 6.45) is 3.55. The first-order valence-corrected chi connectivity index (χ1v) is 9.11. The number of carbonyl (C=O) groups is 1. The molecule has 4 rings (SSSR count). The number of furan rings is 1. The van der Waals surface area contributed by atoms with Gasteiger partial charge in [-0.05, 0) is 31.2 Å². The van der Waals surface area contributed by atoms with Gasteiger partial charge in [0.2, 0.25) is 5.76 Å². The molecule has 0 aliphatic carbocycles. The zero-order valence-electron chi connectivity index (χ0n) is 16.0. The van der Waals surface area contributed by atoms with Crippen molar-refractivity contribution in [3.63, 3.8) is 0 Å². The number of benzene rings is 2. The summed E-state index contributed by atoms with van der Waals surface area (Å²) in [5.41, 5.74) is 2.86. The van der Waals surface area contributed by atoms with Gasteiger partial charge in [-0.3, -0.25) is 15.1 Å². The molecule has 30 heavy (non-hydrogen) atoms. The Hall–Kier alpha value is -4.20. The lowest BCUT2D eigenvalue weighted by Gasteiger charge is -2.02. The van der Waals surface area contributed by atoms with E-state index in [0.717, 1.165) is 16.5 Å². The molecule has 0 bridgehead atoms. The Labute approximate surface area is 170 Å². The molecule has 2 aromatic heterocycles. The second-order valence-electron chi connectivity index (χ2n) is 6.79. The van der Waals surface area contributed by atoms with Gasteiger partial charge in [0.05, 0.1) is 17.2 Å². The maximum atomic E-state index is 11.1. The molecule has 0 amide bonds. The van der Waals surface area contributed by atoms with Crippen molar-refractivity contribution in [2.45, 2.75) is 13.5 Å². The van der Waals surface area contributed by atoms with Crippen LogP contribution in [-0.4, -0.2) is 26.8 Å². The van der Waals surface area contributed by atoms with E-state index in [0.29, 0.717) is 23.6 Å². The fourth-order valence-corrected chi connectivity index (χ4v) is 3.27. The summed E-state index contributed by atoms with van der Waals surface area (Å²) in [6, 6.07) is 15.6. The maximum absolute atomic E-state index is 11.1. The smallest absolute Gasteiger partial charge is 0.371 e. The second-order valence-corrected chi connectivity index (χ2v) is 6.79. The van der Waals surface area contributed by atoms with Crippen LogP contribution in [0.2, 0.25) is 0 Å². The number of hydrogen-bond donors (Lipinski definition) is 1. The third-order valence-electron chi connectivity index (χ3n) is 4.76. The SMILES string of the molecule is Cc1ccc(N=Cc2cn(Cc3ccc(C(=O)O)o3)c3ccccc23)cc1[N+](=O)[O-]. The Morgan fingerprint density at radius 3 is 2.77 bits per heavy atom. The van der Waals surface area contributed by atoms with E-state index in [2.05, 4.69) is 4.99 Å². The number of fused-ring (bicyclic) bond motifs is 1. The summed E-state index contributed by atoms with van der Waals surface area (Å²) in [4.78, 5) is 26.2. The lowest BCUT2D eigenvalue weighted by atomic mass is 10.2. The summed E-state index contributed by atoms with van der Waals surface area (Å²) in [7, 11) is 0. The van der Waals surface area contributed by atoms with E-state index >= 15 is 0 Å². The number of aliphatic imine (C=N–C) groups is 1. The first-order valence-electron chi connectivity index (χ1n) is 9.11. The summed E-state index contributed by atoms with van der Waals surface area (Å²) < 4.78 is 7.31. The van der Waals surface area contributed by atoms with Gasteiger partial charge in [0, 0.05) is 40.5 Å². The Balaban J connectivity index is 1.68. The van der Waals surface area contributed by atoms with Gasteiger partial charge in [-0.25, -0.2) is 4.79 Å². The second kappa shape index (κ2) is 7.67. The Morgan fingerprint density at radius 2 is 2.03 bits per heavy atom. The van der Waals surface area contributed by atoms with Crippen LogP contribution in [0.3, 0.4) is 0 Å². The first kappa shape index (κ1) is 19.1. The summed E-state index contributed by atoms with van der Waals surface area (Å²) in [5.74, 6) is -0.700. The fourth-order valence-electron chi connectivity index (χ4n) is 3.27. The number of aromatic carboxylic acids is 1. The van der Waals surface area contributed by atoms with E-state index in [-0.39, 0.29) is 11.4 Å². The van der Waals surface area contributed by atoms with Crippen LogP contribution in [0, 0.1) is 17.0 Å². The van der Waals surface area contributed by atoms with Crippen molar-refractivity contribution >= 4 is 34.5 Å². The zero-order valence-corrected chi connectivity index (χ0v) is 16.0. The highest BCUT2D eigenvalue weighted by molar-refractivity contribution is 6.00. The molecular formula is C22H17N3O5. The normalized spacial score (nSPS) is 11.4. The van der Waals surface area contributed by atoms with Crippen LogP contribution in [0.25, 0.3) is 10.9 Å². The minimum Gasteiger partial charge on any atom is -0.475 e. The minimum atomic E-state index is -1.11. The van der Waals surface area contributed by atoms with Gasteiger partial charge in [-0.15, -0.1) is 0 Å². The number of nitro benzene ring substituents is 1. The van der Waals surface area contributed by atoms with Gasteiger partial charge in [-0.2, -0.15) is 0 Å². The lowest BCUT2D eigenvalue weighted by Crippen LogP contribution is -1.97. The lowest BCUT2D eigenvalue weighted by molar-refractivity contribution is -0.385. The van der Waals surface area contributed by atoms with E-state index in [1.165, 1.54) is 12.1 Å². The van der Waals surface area contributed by atoms with Crippen molar-refractivity contribution in [2.24, 2.45) is 4.99 Å². The number of nitrogens with zero attached hydrogens (tertiary/aromatic N) is 3. The van der Waals surface area contributed by atoms with Crippen LogP contribution >= 0.6 is 0 Å². The van der Waals surface area contributed by atoms with Gasteiger partial charge >= 0.3 is 5.97 Å². The Bertz CT molecular complexity index is 1300. The number of hydrogen-bond acceptors (Lipinski definition) is 5. The van der Waals surface area contributed by atoms with Gasteiger partial charge in [0.15, 0.2) is 0 Å². The van der Waals surface area contributed by atoms with Crippen LogP contribution in [0.15, 0.2) is 70.2 Å². The van der Waals surface area contributed by atoms with Gasteiger partial charge in [0.1, 0.15) is 5.76 Å². The summed E-state index contributed by atoms with van der Waals surface area (Å²) in [5, 5.41) is 21.1. The number of aryl methyl sites for hydroxylation is 1. The van der Waals surface area contributed by atoms with Gasteiger partial charge in [-0.1, -0.05) is 24.3 Å². The van der Waals surface area contributed by atoms with Crippen LogP contribution < -0.4 is 0 Å². The highest BCUT2D eigenvalue weighted by Crippen LogP contribution is 2.26. The molecule has 0 atom stereocenters. The zero-order chi connectivity index (χ0) is 21.3. The van der Waals surface area contributed by atoms with Crippen LogP contribution in [0.5, 0.6) is 0 Å². The van der Waals surface area contributed by atoms with Crippen molar-refractivity contribution in [1.29, 1.82) is 0 Å². The summed E-state index contributed by atoms with van der Waals surface area (Å²) >= 11 is 0. The van der Waals surface area contributed by atoms with Crippen LogP contribution in [0.1, 0.15) is 27.4 Å². The van der Waals surface area contributed by atoms with Crippen molar-refractivity contribution < 1.29 is 19.2 Å². The van der Waals surface area contributed by atoms with E-state index in [1.807, 2.05) is 35.0 Å². The molecule has 0 saturated carbocycles. The molecule has 8 heteroatoms. The summed E-state index contributed by atoms with van der Waals surface area (Å²) in [6.45, 7) is 2.04. The highest BCUT2D eigenvalue weighted by Gasteiger charge is 2.13. The third-order valence-corrected chi connectivity index (χ3v) is 4.76. The number of nitro groups is 1. The van der Waals surface area contributed by atoms with E-state index in [4.69, 9.17) is 9.52 Å². The van der Waals surface area contributed by atoms with E-state index in [1.54, 1.807) is 31.3 Å². The van der Waals surface area contributed by atoms with Crippen LogP contribution in [0.4, 0.5) is 11.4 Å². The largest absolute Gasteiger partial charge is 0.475 e. The molecule has 150 valence electrons. The molecule has 0 unspecified atom stereocenters. The van der Waals surface area contributed by atoms with Crippen molar-refractivity contribution in [3.8, 4) is 0 Å². The van der Waals surface area contributed by atoms with Crippen molar-refractivity contribution in [2.75, 3.05) is 0 Å². The number of carboxylic acids is 1. The maximum Gasteiger partial charge on any atom is 0.371 e.